The fourth-order valence-electron chi connectivity index (χ4n) is 3.90. The molecule has 0 saturated carbocycles. The highest BCUT2D eigenvalue weighted by Gasteiger charge is 2.39. The first-order valence-electron chi connectivity index (χ1n) is 10.8. The summed E-state index contributed by atoms with van der Waals surface area (Å²) in [6.45, 7) is -0.523. The van der Waals surface area contributed by atoms with Gasteiger partial charge in [-0.3, -0.25) is 0 Å². The number of hydrogen-bond donors (Lipinski definition) is 2. The maximum absolute atomic E-state index is 13.5. The zero-order valence-electron chi connectivity index (χ0n) is 18.6. The van der Waals surface area contributed by atoms with Crippen molar-refractivity contribution >= 4 is 39.4 Å². The number of rotatable bonds is 4. The molecule has 2 aromatic carbocycles. The fourth-order valence-corrected chi connectivity index (χ4v) is 5.13. The third kappa shape index (κ3) is 5.95. The summed E-state index contributed by atoms with van der Waals surface area (Å²) in [6, 6.07) is 16.6. The summed E-state index contributed by atoms with van der Waals surface area (Å²) in [5.41, 5.74) is 13.5. The molecule has 4 rings (SSSR count). The van der Waals surface area contributed by atoms with Gasteiger partial charge >= 0.3 is 10.2 Å². The van der Waals surface area contributed by atoms with E-state index in [-0.39, 0.29) is 31.5 Å². The van der Waals surface area contributed by atoms with Gasteiger partial charge in [-0.1, -0.05) is 54.1 Å². The first kappa shape index (κ1) is 25.0. The molecule has 0 radical (unpaired) electrons. The number of nitrogens with zero attached hydrogens (tertiary/aromatic N) is 5. The van der Waals surface area contributed by atoms with E-state index in [1.807, 2.05) is 42.5 Å². The standard InChI is InChI=1S/C22H24ClF2N7O2S/c23-17-8-6-16(7-9-17)19-18(15-4-2-1-3-5-15)14-32(29-19)21(28-20(26)27)30-35(33,34)31-12-10-22(24,25)11-13-31/h1-9,18H,10-14H2,(H4,26,27,28,30)/t18-/m1/s1. The zero-order valence-corrected chi connectivity index (χ0v) is 20.1. The van der Waals surface area contributed by atoms with Crippen molar-refractivity contribution in [1.29, 1.82) is 0 Å². The van der Waals surface area contributed by atoms with Crippen LogP contribution in [0, 0.1) is 0 Å². The predicted molar refractivity (Wildman–Crippen MR) is 132 cm³/mol. The van der Waals surface area contributed by atoms with Crippen LogP contribution < -0.4 is 11.5 Å². The van der Waals surface area contributed by atoms with Gasteiger partial charge in [-0.2, -0.15) is 22.8 Å². The van der Waals surface area contributed by atoms with Gasteiger partial charge in [0, 0.05) is 36.9 Å². The lowest BCUT2D eigenvalue weighted by atomic mass is 9.91. The third-order valence-electron chi connectivity index (χ3n) is 5.69. The van der Waals surface area contributed by atoms with Crippen LogP contribution in [0.25, 0.3) is 0 Å². The Kier molecular flexibility index (Phi) is 7.06. The zero-order chi connectivity index (χ0) is 25.2. The molecule has 2 aliphatic heterocycles. The van der Waals surface area contributed by atoms with E-state index in [1.165, 1.54) is 5.01 Å². The average molecular weight is 524 g/mol. The maximum atomic E-state index is 13.5. The number of aliphatic imine (C=N–C) groups is 1. The molecule has 1 fully saturated rings. The number of nitrogens with two attached hydrogens (primary N) is 2. The van der Waals surface area contributed by atoms with Crippen LogP contribution in [-0.2, 0) is 10.2 Å². The Morgan fingerprint density at radius 3 is 2.29 bits per heavy atom. The van der Waals surface area contributed by atoms with E-state index in [1.54, 1.807) is 12.1 Å². The third-order valence-corrected chi connectivity index (χ3v) is 7.36. The van der Waals surface area contributed by atoms with Gasteiger partial charge in [-0.05, 0) is 23.3 Å². The summed E-state index contributed by atoms with van der Waals surface area (Å²) in [5, 5.41) is 6.47. The minimum atomic E-state index is -4.34. The molecule has 9 nitrogen and oxygen atoms in total. The van der Waals surface area contributed by atoms with E-state index in [4.69, 9.17) is 23.1 Å². The largest absolute Gasteiger partial charge is 0.370 e. The van der Waals surface area contributed by atoms with Gasteiger partial charge < -0.3 is 11.5 Å². The summed E-state index contributed by atoms with van der Waals surface area (Å²) in [6.07, 6.45) is -1.17. The SMILES string of the molecule is NC(N)=NC(=NS(=O)(=O)N1CCC(F)(F)CC1)N1C[C@H](c2ccccc2)C(c2ccc(Cl)cc2)=N1. The molecule has 1 saturated heterocycles. The van der Waals surface area contributed by atoms with Crippen molar-refractivity contribution in [1.82, 2.24) is 9.31 Å². The first-order valence-corrected chi connectivity index (χ1v) is 12.6. The number of benzene rings is 2. The highest BCUT2D eigenvalue weighted by molar-refractivity contribution is 7.87. The maximum Gasteiger partial charge on any atom is 0.325 e. The van der Waals surface area contributed by atoms with Gasteiger partial charge in [-0.15, -0.1) is 4.40 Å². The summed E-state index contributed by atoms with van der Waals surface area (Å²) in [7, 11) is -4.34. The smallest absolute Gasteiger partial charge is 0.325 e. The van der Waals surface area contributed by atoms with E-state index < -0.39 is 34.9 Å². The summed E-state index contributed by atoms with van der Waals surface area (Å²) < 4.78 is 57.6. The van der Waals surface area contributed by atoms with Gasteiger partial charge in [0.15, 0.2) is 5.96 Å². The van der Waals surface area contributed by atoms with Gasteiger partial charge in [0.2, 0.25) is 0 Å². The number of guanidine groups is 2. The molecule has 0 spiro atoms. The molecule has 2 heterocycles. The normalized spacial score (nSPS) is 21.0. The van der Waals surface area contributed by atoms with Crippen LogP contribution in [0.5, 0.6) is 0 Å². The van der Waals surface area contributed by atoms with E-state index >= 15 is 0 Å². The molecule has 0 bridgehead atoms. The van der Waals surface area contributed by atoms with Gasteiger partial charge in [0.1, 0.15) is 0 Å². The van der Waals surface area contributed by atoms with Gasteiger partial charge in [0.25, 0.3) is 11.9 Å². The van der Waals surface area contributed by atoms with Gasteiger partial charge in [-0.25, -0.2) is 13.8 Å². The Hall–Kier alpha value is -3.09. The number of piperidine rings is 1. The Bertz CT molecular complexity index is 1250. The molecular formula is C22H24ClF2N7O2S. The topological polar surface area (TPSA) is 130 Å². The highest BCUT2D eigenvalue weighted by Crippen LogP contribution is 2.31. The van der Waals surface area contributed by atoms with Crippen molar-refractivity contribution < 1.29 is 17.2 Å². The van der Waals surface area contributed by atoms with Crippen molar-refractivity contribution in [2.45, 2.75) is 24.7 Å². The lowest BCUT2D eigenvalue weighted by Gasteiger charge is -2.29. The molecule has 4 N–H and O–H groups in total. The van der Waals surface area contributed by atoms with Crippen molar-refractivity contribution in [3.8, 4) is 0 Å². The molecule has 35 heavy (non-hydrogen) atoms. The van der Waals surface area contributed by atoms with Crippen LogP contribution in [0.1, 0.15) is 29.9 Å². The van der Waals surface area contributed by atoms with Crippen molar-refractivity contribution in [3.63, 3.8) is 0 Å². The number of hydrazone groups is 1. The second-order valence-corrected chi connectivity index (χ2v) is 10.2. The van der Waals surface area contributed by atoms with E-state index in [2.05, 4.69) is 14.5 Å². The van der Waals surface area contributed by atoms with Crippen LogP contribution in [-0.4, -0.2) is 60.9 Å². The van der Waals surface area contributed by atoms with Crippen LogP contribution in [0.15, 0.2) is 69.1 Å². The van der Waals surface area contributed by atoms with Crippen LogP contribution in [0.4, 0.5) is 8.78 Å². The molecule has 2 aromatic rings. The Labute approximate surface area is 207 Å². The number of alkyl halides is 2. The average Bonchev–Trinajstić information content (AvgIpc) is 3.24. The minimum Gasteiger partial charge on any atom is -0.370 e. The number of hydrogen-bond acceptors (Lipinski definition) is 3. The van der Waals surface area contributed by atoms with E-state index in [9.17, 15) is 17.2 Å². The monoisotopic (exact) mass is 523 g/mol. The van der Waals surface area contributed by atoms with Gasteiger partial charge in [0.05, 0.1) is 12.3 Å². The lowest BCUT2D eigenvalue weighted by molar-refractivity contribution is -0.0411. The highest BCUT2D eigenvalue weighted by atomic mass is 35.5. The molecule has 0 unspecified atom stereocenters. The summed E-state index contributed by atoms with van der Waals surface area (Å²) >= 11 is 6.04. The first-order chi connectivity index (χ1) is 16.5. The second-order valence-electron chi connectivity index (χ2n) is 8.20. The predicted octanol–water partition coefficient (Wildman–Crippen LogP) is 2.75. The summed E-state index contributed by atoms with van der Waals surface area (Å²) in [4.78, 5) is 3.90. The number of halogens is 3. The molecule has 0 aromatic heterocycles. The Morgan fingerprint density at radius 2 is 1.69 bits per heavy atom. The second kappa shape index (κ2) is 9.88. The van der Waals surface area contributed by atoms with Crippen molar-refractivity contribution in [2.24, 2.45) is 26.0 Å². The molecule has 186 valence electrons. The molecule has 0 aliphatic carbocycles. The van der Waals surface area contributed by atoms with Crippen LogP contribution in [0.2, 0.25) is 5.02 Å². The van der Waals surface area contributed by atoms with Crippen LogP contribution in [0.3, 0.4) is 0 Å². The quantitative estimate of drug-likeness (QED) is 0.470. The molecular weight excluding hydrogens is 500 g/mol. The Balaban J connectivity index is 1.72. The molecule has 13 heteroatoms. The van der Waals surface area contributed by atoms with Crippen molar-refractivity contribution in [3.05, 3.63) is 70.7 Å². The molecule has 2 aliphatic rings. The molecule has 0 amide bonds. The minimum absolute atomic E-state index is 0.200. The fraction of sp³-hybridized carbons (Fsp3) is 0.318. The Morgan fingerprint density at radius 1 is 1.06 bits per heavy atom. The lowest BCUT2D eigenvalue weighted by Crippen LogP contribution is -2.42. The molecule has 1 atom stereocenters. The van der Waals surface area contributed by atoms with E-state index in [0.717, 1.165) is 15.4 Å². The van der Waals surface area contributed by atoms with Crippen molar-refractivity contribution in [2.75, 3.05) is 19.6 Å². The van der Waals surface area contributed by atoms with E-state index in [0.29, 0.717) is 10.7 Å². The summed E-state index contributed by atoms with van der Waals surface area (Å²) in [5.74, 6) is -3.94. The van der Waals surface area contributed by atoms with Crippen LogP contribution >= 0.6 is 11.6 Å².